The molecule has 0 bridgehead atoms. The highest BCUT2D eigenvalue weighted by molar-refractivity contribution is 5.98. The third-order valence-electron chi connectivity index (χ3n) is 7.97. The van der Waals surface area contributed by atoms with Crippen LogP contribution in [-0.2, 0) is 41.6 Å². The minimum absolute atomic E-state index is 0.0255. The maximum atomic E-state index is 13.7. The lowest BCUT2D eigenvalue weighted by molar-refractivity contribution is -0.140. The van der Waals surface area contributed by atoms with Crippen molar-refractivity contribution in [3.63, 3.8) is 0 Å². The fourth-order valence-corrected chi connectivity index (χ4v) is 5.32. The first-order chi connectivity index (χ1) is 24.4. The van der Waals surface area contributed by atoms with Crippen LogP contribution >= 0.6 is 0 Å². The van der Waals surface area contributed by atoms with Crippen molar-refractivity contribution >= 4 is 41.6 Å². The Kier molecular flexibility index (Phi) is 13.5. The number of amides is 5. The molecule has 3 aromatic carbocycles. The zero-order chi connectivity index (χ0) is 36.9. The number of phenols is 1. The van der Waals surface area contributed by atoms with Crippen LogP contribution in [0.2, 0.25) is 0 Å². The summed E-state index contributed by atoms with van der Waals surface area (Å²) in [6.07, 6.45) is 2.96. The van der Waals surface area contributed by atoms with Crippen molar-refractivity contribution in [3.8, 4) is 11.5 Å². The number of hydrogen-bond donors (Lipinski definition) is 6. The topological polar surface area (TPSA) is 192 Å². The van der Waals surface area contributed by atoms with Crippen molar-refractivity contribution in [2.24, 2.45) is 5.92 Å². The minimum Gasteiger partial charge on any atom is -0.508 e. The Hall–Kier alpha value is -5.98. The van der Waals surface area contributed by atoms with Gasteiger partial charge < -0.3 is 36.4 Å². The van der Waals surface area contributed by atoms with Gasteiger partial charge in [0.25, 0.3) is 0 Å². The van der Waals surface area contributed by atoms with E-state index in [-0.39, 0.29) is 36.7 Å². The molecule has 0 unspecified atom stereocenters. The van der Waals surface area contributed by atoms with Gasteiger partial charge >= 0.3 is 5.97 Å². The van der Waals surface area contributed by atoms with Crippen LogP contribution in [0.25, 0.3) is 6.08 Å². The molecule has 13 nitrogen and oxygen atoms in total. The van der Waals surface area contributed by atoms with Crippen LogP contribution in [0.4, 0.5) is 0 Å². The number of para-hydroxylation sites is 1. The van der Waals surface area contributed by atoms with Gasteiger partial charge in [-0.1, -0.05) is 74.5 Å². The molecular formula is C38H43N5O8. The Morgan fingerprint density at radius 1 is 0.686 bits per heavy atom. The molecule has 4 rings (SSSR count). The second-order valence-electron chi connectivity index (χ2n) is 12.7. The molecule has 0 saturated heterocycles. The van der Waals surface area contributed by atoms with E-state index in [4.69, 9.17) is 4.74 Å². The summed E-state index contributed by atoms with van der Waals surface area (Å²) in [5.41, 5.74) is 1.75. The zero-order valence-electron chi connectivity index (χ0n) is 28.7. The SMILES string of the molecule is CC(C)C[C@H]1NC(=O)[C@H](Cc2ccccc2)NC(=O)CNC(=O)[C@@H](C)NC(=O)[C@H](Cc2ccc(O)cc2)NC(=O)/C=C\c2ccccc2OC1=O. The van der Waals surface area contributed by atoms with Gasteiger partial charge in [0.05, 0.1) is 6.54 Å². The number of phenolic OH excluding ortho intramolecular Hbond substituents is 1. The highest BCUT2D eigenvalue weighted by Gasteiger charge is 2.30. The number of benzene rings is 3. The maximum Gasteiger partial charge on any atom is 0.334 e. The summed E-state index contributed by atoms with van der Waals surface area (Å²) in [4.78, 5) is 79.8. The van der Waals surface area contributed by atoms with Crippen molar-refractivity contribution < 1.29 is 38.6 Å². The summed E-state index contributed by atoms with van der Waals surface area (Å²) >= 11 is 0. The van der Waals surface area contributed by atoms with E-state index in [1.54, 1.807) is 60.7 Å². The summed E-state index contributed by atoms with van der Waals surface area (Å²) in [5, 5.41) is 22.8. The normalized spacial score (nSPS) is 21.8. The lowest BCUT2D eigenvalue weighted by atomic mass is 10.0. The number of fused-ring (bicyclic) bond motifs is 1. The summed E-state index contributed by atoms with van der Waals surface area (Å²) in [6, 6.07) is 17.2. The van der Waals surface area contributed by atoms with E-state index in [0.29, 0.717) is 11.1 Å². The quantitative estimate of drug-likeness (QED) is 0.166. The van der Waals surface area contributed by atoms with Crippen LogP contribution in [0.15, 0.2) is 84.9 Å². The summed E-state index contributed by atoms with van der Waals surface area (Å²) in [7, 11) is 0. The van der Waals surface area contributed by atoms with Crippen LogP contribution < -0.4 is 31.3 Å². The number of nitrogens with one attached hydrogen (secondary N) is 5. The molecule has 6 N–H and O–H groups in total. The third kappa shape index (κ3) is 11.8. The van der Waals surface area contributed by atoms with Gasteiger partial charge in [-0.3, -0.25) is 24.0 Å². The Balaban J connectivity index is 1.67. The Morgan fingerprint density at radius 3 is 1.98 bits per heavy atom. The first kappa shape index (κ1) is 37.8. The molecular weight excluding hydrogens is 654 g/mol. The Morgan fingerprint density at radius 2 is 1.29 bits per heavy atom. The van der Waals surface area contributed by atoms with Gasteiger partial charge in [0.2, 0.25) is 29.5 Å². The molecule has 1 aliphatic rings. The lowest BCUT2D eigenvalue weighted by Gasteiger charge is -2.24. The predicted octanol–water partition coefficient (Wildman–Crippen LogP) is 1.93. The molecule has 268 valence electrons. The number of aromatic hydroxyl groups is 1. The van der Waals surface area contributed by atoms with E-state index >= 15 is 0 Å². The molecule has 5 amide bonds. The molecule has 51 heavy (non-hydrogen) atoms. The molecule has 1 aliphatic heterocycles. The van der Waals surface area contributed by atoms with Crippen molar-refractivity contribution in [2.75, 3.05) is 6.54 Å². The maximum absolute atomic E-state index is 13.7. The van der Waals surface area contributed by atoms with Crippen molar-refractivity contribution in [3.05, 3.63) is 102 Å². The minimum atomic E-state index is -1.14. The van der Waals surface area contributed by atoms with Crippen LogP contribution in [0, 0.1) is 5.92 Å². The molecule has 0 aliphatic carbocycles. The zero-order valence-corrected chi connectivity index (χ0v) is 28.7. The average molecular weight is 698 g/mol. The molecule has 0 radical (unpaired) electrons. The number of carbonyl (C=O) groups excluding carboxylic acids is 6. The number of hydrogen-bond acceptors (Lipinski definition) is 8. The second-order valence-corrected chi connectivity index (χ2v) is 12.7. The predicted molar refractivity (Wildman–Crippen MR) is 189 cm³/mol. The highest BCUT2D eigenvalue weighted by atomic mass is 16.5. The molecule has 0 fully saturated rings. The molecule has 13 heteroatoms. The van der Waals surface area contributed by atoms with Crippen molar-refractivity contribution in [2.45, 2.75) is 64.2 Å². The van der Waals surface area contributed by atoms with E-state index in [2.05, 4.69) is 26.6 Å². The number of carbonyl (C=O) groups is 6. The Labute approximate surface area is 296 Å². The smallest absolute Gasteiger partial charge is 0.334 e. The fourth-order valence-electron chi connectivity index (χ4n) is 5.32. The van der Waals surface area contributed by atoms with E-state index in [1.165, 1.54) is 31.2 Å². The number of esters is 1. The highest BCUT2D eigenvalue weighted by Crippen LogP contribution is 2.21. The van der Waals surface area contributed by atoms with E-state index in [1.807, 2.05) is 19.9 Å². The Bertz CT molecular complexity index is 1740. The van der Waals surface area contributed by atoms with Gasteiger partial charge in [0.1, 0.15) is 35.7 Å². The first-order valence-corrected chi connectivity index (χ1v) is 16.7. The van der Waals surface area contributed by atoms with Gasteiger partial charge in [-0.25, -0.2) is 4.79 Å². The number of ether oxygens (including phenoxy) is 1. The van der Waals surface area contributed by atoms with Gasteiger partial charge in [-0.15, -0.1) is 0 Å². The molecule has 0 saturated carbocycles. The van der Waals surface area contributed by atoms with Gasteiger partial charge in [0.15, 0.2) is 0 Å². The summed E-state index contributed by atoms with van der Waals surface area (Å²) in [5.74, 6) is -3.92. The fraction of sp³-hybridized carbons (Fsp3) is 0.316. The van der Waals surface area contributed by atoms with Gasteiger partial charge in [0, 0.05) is 24.5 Å². The van der Waals surface area contributed by atoms with Crippen LogP contribution in [0.3, 0.4) is 0 Å². The largest absolute Gasteiger partial charge is 0.508 e. The monoisotopic (exact) mass is 697 g/mol. The van der Waals surface area contributed by atoms with Crippen LogP contribution in [0.1, 0.15) is 43.9 Å². The van der Waals surface area contributed by atoms with Crippen LogP contribution in [-0.4, -0.2) is 71.3 Å². The van der Waals surface area contributed by atoms with Crippen LogP contribution in [0.5, 0.6) is 11.5 Å². The summed E-state index contributed by atoms with van der Waals surface area (Å²) in [6.45, 7) is 4.68. The standard InChI is InChI=1S/C38H43N5O8/c1-23(2)19-31-38(50)51-32-12-8-7-11-27(32)15-18-33(45)41-29(21-26-13-16-28(44)17-14-26)36(48)40-24(3)35(47)39-22-34(46)42-30(37(49)43-31)20-25-9-5-4-6-10-25/h4-18,23-24,29-31,44H,19-22H2,1-3H3,(H,39,47)(H,40,48)(H,41,45)(H,42,46)(H,43,49)/b18-15-/t24-,29+,30+,31-/m1/s1. The molecule has 3 aromatic rings. The molecule has 1 heterocycles. The average Bonchev–Trinajstić information content (AvgIpc) is 3.10. The van der Waals surface area contributed by atoms with E-state index < -0.39 is 66.2 Å². The molecule has 0 spiro atoms. The molecule has 0 aromatic heterocycles. The molecule has 4 atom stereocenters. The lowest BCUT2D eigenvalue weighted by Crippen LogP contribution is -2.56. The van der Waals surface area contributed by atoms with Gasteiger partial charge in [-0.2, -0.15) is 0 Å². The summed E-state index contributed by atoms with van der Waals surface area (Å²) < 4.78 is 5.76. The first-order valence-electron chi connectivity index (χ1n) is 16.7. The second kappa shape index (κ2) is 18.1. The van der Waals surface area contributed by atoms with E-state index in [0.717, 1.165) is 5.56 Å². The van der Waals surface area contributed by atoms with Crippen molar-refractivity contribution in [1.29, 1.82) is 0 Å². The number of rotatable bonds is 6. The van der Waals surface area contributed by atoms with Crippen molar-refractivity contribution in [1.82, 2.24) is 26.6 Å². The van der Waals surface area contributed by atoms with Gasteiger partial charge in [-0.05, 0) is 54.7 Å². The van der Waals surface area contributed by atoms with E-state index in [9.17, 15) is 33.9 Å². The third-order valence-corrected chi connectivity index (χ3v) is 7.97.